The molecule has 0 atom stereocenters. The first-order valence-corrected chi connectivity index (χ1v) is 7.64. The van der Waals surface area contributed by atoms with E-state index in [2.05, 4.69) is 37.2 Å². The minimum absolute atomic E-state index is 0.0967. The number of amides is 1. The number of nitrogens with one attached hydrogen (secondary N) is 1. The van der Waals surface area contributed by atoms with Gasteiger partial charge in [-0.05, 0) is 40.5 Å². The van der Waals surface area contributed by atoms with Gasteiger partial charge in [-0.2, -0.15) is 0 Å². The predicted molar refractivity (Wildman–Crippen MR) is 80.3 cm³/mol. The van der Waals surface area contributed by atoms with Crippen molar-refractivity contribution in [2.75, 3.05) is 25.6 Å². The third kappa shape index (κ3) is 5.69. The zero-order chi connectivity index (χ0) is 13.4. The van der Waals surface area contributed by atoms with Crippen LogP contribution in [0.2, 0.25) is 0 Å². The van der Waals surface area contributed by atoms with E-state index in [4.69, 9.17) is 16.3 Å². The molecule has 100 valence electrons. The highest BCUT2D eigenvalue weighted by atomic mass is 79.9. The first-order chi connectivity index (χ1) is 8.65. The fourth-order valence-corrected chi connectivity index (χ4v) is 2.20. The molecule has 1 rings (SSSR count). The van der Waals surface area contributed by atoms with Gasteiger partial charge >= 0.3 is 0 Å². The second kappa shape index (κ2) is 8.91. The molecule has 6 heteroatoms. The van der Waals surface area contributed by atoms with Crippen LogP contribution in [0.1, 0.15) is 16.8 Å². The smallest absolute Gasteiger partial charge is 0.252 e. The molecule has 0 radical (unpaired) electrons. The maximum Gasteiger partial charge on any atom is 0.252 e. The third-order valence-corrected chi connectivity index (χ3v) is 3.48. The Kier molecular flexibility index (Phi) is 7.90. The summed E-state index contributed by atoms with van der Waals surface area (Å²) in [4.78, 5) is 11.9. The summed E-state index contributed by atoms with van der Waals surface area (Å²) >= 11 is 12.2. The van der Waals surface area contributed by atoms with Crippen molar-refractivity contribution < 1.29 is 9.53 Å². The molecule has 0 aliphatic rings. The zero-order valence-corrected chi connectivity index (χ0v) is 13.6. The van der Waals surface area contributed by atoms with E-state index in [1.54, 1.807) is 6.07 Å². The Bertz CT molecular complexity index is 402. The van der Waals surface area contributed by atoms with E-state index in [1.165, 1.54) is 0 Å². The summed E-state index contributed by atoms with van der Waals surface area (Å²) in [5, 5.41) is 2.84. The fraction of sp³-hybridized carbons (Fsp3) is 0.417. The van der Waals surface area contributed by atoms with Crippen LogP contribution in [-0.2, 0) is 4.74 Å². The van der Waals surface area contributed by atoms with Crippen LogP contribution in [-0.4, -0.2) is 31.5 Å². The highest BCUT2D eigenvalue weighted by Gasteiger charge is 2.09. The quantitative estimate of drug-likeness (QED) is 0.562. The highest BCUT2D eigenvalue weighted by molar-refractivity contribution is 9.11. The molecule has 0 saturated carbocycles. The normalized spacial score (nSPS) is 10.4. The van der Waals surface area contributed by atoms with E-state index < -0.39 is 0 Å². The van der Waals surface area contributed by atoms with Gasteiger partial charge in [0.2, 0.25) is 0 Å². The number of carbonyl (C=O) groups excluding carboxylic acids is 1. The number of benzene rings is 1. The lowest BCUT2D eigenvalue weighted by molar-refractivity contribution is 0.0943. The summed E-state index contributed by atoms with van der Waals surface area (Å²) in [5.41, 5.74) is 0.617. The molecule has 0 heterocycles. The SMILES string of the molecule is O=C(NCCCOCCCl)c1cc(Br)ccc1Br. The van der Waals surface area contributed by atoms with Crippen LogP contribution in [0.4, 0.5) is 0 Å². The number of carbonyl (C=O) groups is 1. The number of ether oxygens (including phenoxy) is 1. The molecule has 0 bridgehead atoms. The van der Waals surface area contributed by atoms with Crippen molar-refractivity contribution in [2.45, 2.75) is 6.42 Å². The third-order valence-electron chi connectivity index (χ3n) is 2.15. The number of hydrogen-bond acceptors (Lipinski definition) is 2. The number of halogens is 3. The molecule has 1 N–H and O–H groups in total. The van der Waals surface area contributed by atoms with Gasteiger partial charge < -0.3 is 10.1 Å². The van der Waals surface area contributed by atoms with Crippen molar-refractivity contribution in [1.29, 1.82) is 0 Å². The van der Waals surface area contributed by atoms with Gasteiger partial charge in [-0.15, -0.1) is 11.6 Å². The molecule has 1 aromatic carbocycles. The molecule has 0 fully saturated rings. The van der Waals surface area contributed by atoms with E-state index in [9.17, 15) is 4.79 Å². The number of alkyl halides is 1. The van der Waals surface area contributed by atoms with Gasteiger partial charge in [0.15, 0.2) is 0 Å². The molecule has 3 nitrogen and oxygen atoms in total. The lowest BCUT2D eigenvalue weighted by Gasteiger charge is -2.07. The lowest BCUT2D eigenvalue weighted by Crippen LogP contribution is -2.25. The van der Waals surface area contributed by atoms with E-state index >= 15 is 0 Å². The zero-order valence-electron chi connectivity index (χ0n) is 9.72. The van der Waals surface area contributed by atoms with E-state index in [0.29, 0.717) is 31.2 Å². The topological polar surface area (TPSA) is 38.3 Å². The molecule has 1 amide bonds. The largest absolute Gasteiger partial charge is 0.380 e. The summed E-state index contributed by atoms with van der Waals surface area (Å²) in [5.74, 6) is 0.401. The van der Waals surface area contributed by atoms with Crippen LogP contribution in [0.3, 0.4) is 0 Å². The van der Waals surface area contributed by atoms with Crippen molar-refractivity contribution >= 4 is 49.4 Å². The average molecular weight is 400 g/mol. The van der Waals surface area contributed by atoms with Crippen LogP contribution in [0.15, 0.2) is 27.1 Å². The maximum atomic E-state index is 11.9. The summed E-state index contributed by atoms with van der Waals surface area (Å²) in [6.07, 6.45) is 0.772. The van der Waals surface area contributed by atoms with Gasteiger partial charge in [0.1, 0.15) is 0 Å². The van der Waals surface area contributed by atoms with Crippen molar-refractivity contribution in [3.63, 3.8) is 0 Å². The Morgan fingerprint density at radius 1 is 1.33 bits per heavy atom. The van der Waals surface area contributed by atoms with E-state index in [0.717, 1.165) is 15.4 Å². The predicted octanol–water partition coefficient (Wildman–Crippen LogP) is 3.59. The van der Waals surface area contributed by atoms with Crippen molar-refractivity contribution in [2.24, 2.45) is 0 Å². The van der Waals surface area contributed by atoms with Crippen molar-refractivity contribution in [3.8, 4) is 0 Å². The van der Waals surface area contributed by atoms with Crippen LogP contribution in [0.25, 0.3) is 0 Å². The van der Waals surface area contributed by atoms with Gasteiger partial charge in [-0.1, -0.05) is 15.9 Å². The molecular formula is C12H14Br2ClNO2. The van der Waals surface area contributed by atoms with Gasteiger partial charge in [-0.3, -0.25) is 4.79 Å². The summed E-state index contributed by atoms with van der Waals surface area (Å²) in [6, 6.07) is 5.49. The van der Waals surface area contributed by atoms with Crippen LogP contribution < -0.4 is 5.32 Å². The van der Waals surface area contributed by atoms with Crippen LogP contribution in [0.5, 0.6) is 0 Å². The molecule has 0 saturated heterocycles. The Morgan fingerprint density at radius 2 is 2.11 bits per heavy atom. The molecule has 0 spiro atoms. The van der Waals surface area contributed by atoms with E-state index in [1.807, 2.05) is 12.1 Å². The molecule has 1 aromatic rings. The lowest BCUT2D eigenvalue weighted by atomic mass is 10.2. The monoisotopic (exact) mass is 397 g/mol. The molecule has 18 heavy (non-hydrogen) atoms. The van der Waals surface area contributed by atoms with Gasteiger partial charge in [0, 0.05) is 28.0 Å². The second-order valence-corrected chi connectivity index (χ2v) is 5.68. The van der Waals surface area contributed by atoms with Crippen LogP contribution in [0, 0.1) is 0 Å². The van der Waals surface area contributed by atoms with Gasteiger partial charge in [0.25, 0.3) is 5.91 Å². The maximum absolute atomic E-state index is 11.9. The van der Waals surface area contributed by atoms with Gasteiger partial charge in [-0.25, -0.2) is 0 Å². The summed E-state index contributed by atoms with van der Waals surface area (Å²) < 4.78 is 6.87. The summed E-state index contributed by atoms with van der Waals surface area (Å²) in [6.45, 7) is 1.74. The van der Waals surface area contributed by atoms with E-state index in [-0.39, 0.29) is 5.91 Å². The average Bonchev–Trinajstić information content (AvgIpc) is 2.36. The minimum Gasteiger partial charge on any atom is -0.380 e. The summed E-state index contributed by atoms with van der Waals surface area (Å²) in [7, 11) is 0. The molecule has 0 aromatic heterocycles. The Morgan fingerprint density at radius 3 is 2.83 bits per heavy atom. The minimum atomic E-state index is -0.0967. The standard InChI is InChI=1S/C12H14Br2ClNO2/c13-9-2-3-11(14)10(8-9)12(17)16-5-1-6-18-7-4-15/h2-3,8H,1,4-7H2,(H,16,17). The highest BCUT2D eigenvalue weighted by Crippen LogP contribution is 2.21. The molecule has 0 unspecified atom stereocenters. The second-order valence-electron chi connectivity index (χ2n) is 3.53. The van der Waals surface area contributed by atoms with Crippen LogP contribution >= 0.6 is 43.5 Å². The number of hydrogen-bond donors (Lipinski definition) is 1. The number of rotatable bonds is 7. The Labute approximate surface area is 128 Å². The van der Waals surface area contributed by atoms with Crippen molar-refractivity contribution in [1.82, 2.24) is 5.32 Å². The first-order valence-electron chi connectivity index (χ1n) is 5.52. The Balaban J connectivity index is 2.34. The van der Waals surface area contributed by atoms with Crippen molar-refractivity contribution in [3.05, 3.63) is 32.7 Å². The first kappa shape index (κ1) is 16.0. The van der Waals surface area contributed by atoms with Gasteiger partial charge in [0.05, 0.1) is 12.2 Å². The molecule has 0 aliphatic heterocycles. The fourth-order valence-electron chi connectivity index (χ4n) is 1.30. The molecule has 0 aliphatic carbocycles. The Hall–Kier alpha value is -0.100. The molecular weight excluding hydrogens is 385 g/mol.